The van der Waals surface area contributed by atoms with Gasteiger partial charge in [-0.1, -0.05) is 24.3 Å². The van der Waals surface area contributed by atoms with Crippen molar-refractivity contribution in [2.75, 3.05) is 31.1 Å². The van der Waals surface area contributed by atoms with E-state index in [2.05, 4.69) is 14.9 Å². The average Bonchev–Trinajstić information content (AvgIpc) is 2.72. The summed E-state index contributed by atoms with van der Waals surface area (Å²) in [5.41, 5.74) is 1.78. The lowest BCUT2D eigenvalue weighted by molar-refractivity contribution is -0.131. The molecule has 1 amide bonds. The predicted octanol–water partition coefficient (Wildman–Crippen LogP) is 3.05. The highest BCUT2D eigenvalue weighted by Crippen LogP contribution is 2.23. The molecule has 1 aliphatic heterocycles. The van der Waals surface area contributed by atoms with Crippen LogP contribution in [0.2, 0.25) is 0 Å². The number of carbonyl (C=O) groups excluding carboxylic acids is 1. The van der Waals surface area contributed by atoms with E-state index in [0.717, 1.165) is 35.4 Å². The standard InChI is InChI=1S/C21H21FN4O/c22-17-5-3-4-16(14-17)8-9-20(27)25-10-12-26(13-11-25)21-18-6-1-2-7-19(18)23-15-24-21/h1-7,14-15H,8-13H2. The van der Waals surface area contributed by atoms with E-state index in [1.54, 1.807) is 12.4 Å². The van der Waals surface area contributed by atoms with Crippen LogP contribution in [0.4, 0.5) is 10.2 Å². The highest BCUT2D eigenvalue weighted by molar-refractivity contribution is 5.89. The Labute approximate surface area is 157 Å². The van der Waals surface area contributed by atoms with E-state index in [0.29, 0.717) is 25.9 Å². The molecule has 27 heavy (non-hydrogen) atoms. The van der Waals surface area contributed by atoms with Crippen LogP contribution in [0.3, 0.4) is 0 Å². The minimum atomic E-state index is -0.259. The fourth-order valence-electron chi connectivity index (χ4n) is 3.51. The summed E-state index contributed by atoms with van der Waals surface area (Å²) in [4.78, 5) is 25.4. The van der Waals surface area contributed by atoms with Crippen LogP contribution in [0.1, 0.15) is 12.0 Å². The smallest absolute Gasteiger partial charge is 0.223 e. The number of piperazine rings is 1. The van der Waals surface area contributed by atoms with Crippen LogP contribution in [0.25, 0.3) is 10.9 Å². The molecule has 1 fully saturated rings. The van der Waals surface area contributed by atoms with E-state index in [1.807, 2.05) is 35.2 Å². The van der Waals surface area contributed by atoms with E-state index in [1.165, 1.54) is 12.1 Å². The zero-order valence-electron chi connectivity index (χ0n) is 15.0. The molecular formula is C21H21FN4O. The Bertz CT molecular complexity index is 948. The van der Waals surface area contributed by atoms with Crippen LogP contribution in [0.5, 0.6) is 0 Å². The lowest BCUT2D eigenvalue weighted by atomic mass is 10.1. The van der Waals surface area contributed by atoms with Gasteiger partial charge in [0, 0.05) is 38.0 Å². The highest BCUT2D eigenvalue weighted by atomic mass is 19.1. The Morgan fingerprint density at radius 2 is 1.81 bits per heavy atom. The van der Waals surface area contributed by atoms with Crippen molar-refractivity contribution in [1.82, 2.24) is 14.9 Å². The fourth-order valence-corrected chi connectivity index (χ4v) is 3.51. The van der Waals surface area contributed by atoms with Gasteiger partial charge in [-0.2, -0.15) is 0 Å². The van der Waals surface area contributed by atoms with Gasteiger partial charge in [-0.15, -0.1) is 0 Å². The van der Waals surface area contributed by atoms with Crippen LogP contribution >= 0.6 is 0 Å². The minimum Gasteiger partial charge on any atom is -0.352 e. The first-order valence-electron chi connectivity index (χ1n) is 9.17. The van der Waals surface area contributed by atoms with Gasteiger partial charge in [-0.05, 0) is 36.2 Å². The van der Waals surface area contributed by atoms with E-state index < -0.39 is 0 Å². The zero-order valence-corrected chi connectivity index (χ0v) is 15.0. The van der Waals surface area contributed by atoms with E-state index >= 15 is 0 Å². The molecule has 6 heteroatoms. The summed E-state index contributed by atoms with van der Waals surface area (Å²) in [5, 5.41) is 1.03. The maximum Gasteiger partial charge on any atom is 0.223 e. The second-order valence-corrected chi connectivity index (χ2v) is 6.71. The Hall–Kier alpha value is -3.02. The van der Waals surface area contributed by atoms with Gasteiger partial charge >= 0.3 is 0 Å². The molecule has 1 aliphatic rings. The summed E-state index contributed by atoms with van der Waals surface area (Å²) in [7, 11) is 0. The van der Waals surface area contributed by atoms with Crippen LogP contribution in [0, 0.1) is 5.82 Å². The third-order valence-corrected chi connectivity index (χ3v) is 4.97. The lowest BCUT2D eigenvalue weighted by Gasteiger charge is -2.35. The summed E-state index contributed by atoms with van der Waals surface area (Å²) < 4.78 is 13.3. The molecule has 0 saturated carbocycles. The molecule has 2 aromatic carbocycles. The number of halogens is 1. The third-order valence-electron chi connectivity index (χ3n) is 4.97. The average molecular weight is 364 g/mol. The van der Waals surface area contributed by atoms with Gasteiger partial charge < -0.3 is 9.80 Å². The van der Waals surface area contributed by atoms with E-state index in [4.69, 9.17) is 0 Å². The number of fused-ring (bicyclic) bond motifs is 1. The molecular weight excluding hydrogens is 343 g/mol. The molecule has 0 aliphatic carbocycles. The predicted molar refractivity (Wildman–Crippen MR) is 103 cm³/mol. The van der Waals surface area contributed by atoms with Crippen molar-refractivity contribution >= 4 is 22.6 Å². The molecule has 138 valence electrons. The van der Waals surface area contributed by atoms with Gasteiger partial charge in [0.05, 0.1) is 5.52 Å². The molecule has 0 atom stereocenters. The number of anilines is 1. The van der Waals surface area contributed by atoms with Crippen LogP contribution in [-0.4, -0.2) is 47.0 Å². The summed E-state index contributed by atoms with van der Waals surface area (Å²) in [6.45, 7) is 2.82. The minimum absolute atomic E-state index is 0.117. The number of rotatable bonds is 4. The van der Waals surface area contributed by atoms with Crippen molar-refractivity contribution in [1.29, 1.82) is 0 Å². The molecule has 1 aromatic heterocycles. The summed E-state index contributed by atoms with van der Waals surface area (Å²) in [6.07, 6.45) is 2.56. The maximum atomic E-state index is 13.3. The van der Waals surface area contributed by atoms with Gasteiger partial charge in [-0.3, -0.25) is 4.79 Å². The number of benzene rings is 2. The van der Waals surface area contributed by atoms with Crippen molar-refractivity contribution in [2.45, 2.75) is 12.8 Å². The number of carbonyl (C=O) groups is 1. The molecule has 3 aromatic rings. The van der Waals surface area contributed by atoms with E-state index in [9.17, 15) is 9.18 Å². The summed E-state index contributed by atoms with van der Waals surface area (Å²) in [5.74, 6) is 0.782. The molecule has 0 N–H and O–H groups in total. The molecule has 0 spiro atoms. The number of amides is 1. The lowest BCUT2D eigenvalue weighted by Crippen LogP contribution is -2.49. The second kappa shape index (κ2) is 7.70. The zero-order chi connectivity index (χ0) is 18.6. The van der Waals surface area contributed by atoms with Crippen molar-refractivity contribution < 1.29 is 9.18 Å². The SMILES string of the molecule is O=C(CCc1cccc(F)c1)N1CCN(c2ncnc3ccccc23)CC1. The van der Waals surface area contributed by atoms with Gasteiger partial charge in [0.25, 0.3) is 0 Å². The number of para-hydroxylation sites is 1. The quantitative estimate of drug-likeness (QED) is 0.714. The Balaban J connectivity index is 1.36. The Morgan fingerprint density at radius 3 is 2.63 bits per heavy atom. The monoisotopic (exact) mass is 364 g/mol. The van der Waals surface area contributed by atoms with Gasteiger partial charge in [0.2, 0.25) is 5.91 Å². The van der Waals surface area contributed by atoms with Crippen LogP contribution in [0.15, 0.2) is 54.9 Å². The van der Waals surface area contributed by atoms with E-state index in [-0.39, 0.29) is 11.7 Å². The molecule has 0 bridgehead atoms. The Morgan fingerprint density at radius 1 is 1.00 bits per heavy atom. The molecule has 0 radical (unpaired) electrons. The molecule has 2 heterocycles. The Kier molecular flexibility index (Phi) is 4.96. The second-order valence-electron chi connectivity index (χ2n) is 6.71. The maximum absolute atomic E-state index is 13.3. The summed E-state index contributed by atoms with van der Waals surface area (Å²) >= 11 is 0. The largest absolute Gasteiger partial charge is 0.352 e. The van der Waals surface area contributed by atoms with Crippen molar-refractivity contribution in [3.05, 3.63) is 66.2 Å². The van der Waals surface area contributed by atoms with Crippen molar-refractivity contribution in [2.24, 2.45) is 0 Å². The van der Waals surface area contributed by atoms with Crippen LogP contribution in [-0.2, 0) is 11.2 Å². The highest BCUT2D eigenvalue weighted by Gasteiger charge is 2.22. The van der Waals surface area contributed by atoms with Crippen molar-refractivity contribution in [3.63, 3.8) is 0 Å². The topological polar surface area (TPSA) is 49.3 Å². The molecule has 5 nitrogen and oxygen atoms in total. The van der Waals surface area contributed by atoms with Crippen LogP contribution < -0.4 is 4.90 Å². The van der Waals surface area contributed by atoms with Gasteiger partial charge in [0.1, 0.15) is 18.0 Å². The number of aromatic nitrogens is 2. The molecule has 4 rings (SSSR count). The summed E-state index contributed by atoms with van der Waals surface area (Å²) in [6, 6.07) is 14.4. The third kappa shape index (κ3) is 3.89. The first-order valence-corrected chi connectivity index (χ1v) is 9.17. The first kappa shape index (κ1) is 17.4. The number of nitrogens with zero attached hydrogens (tertiary/aromatic N) is 4. The first-order chi connectivity index (χ1) is 13.2. The van der Waals surface area contributed by atoms with Gasteiger partial charge in [-0.25, -0.2) is 14.4 Å². The fraction of sp³-hybridized carbons (Fsp3) is 0.286. The number of hydrogen-bond donors (Lipinski definition) is 0. The molecule has 1 saturated heterocycles. The van der Waals surface area contributed by atoms with Crippen molar-refractivity contribution in [3.8, 4) is 0 Å². The molecule has 0 unspecified atom stereocenters. The normalized spacial score (nSPS) is 14.6. The van der Waals surface area contributed by atoms with Gasteiger partial charge in [0.15, 0.2) is 0 Å². The number of hydrogen-bond acceptors (Lipinski definition) is 4. The number of aryl methyl sites for hydroxylation is 1.